The molecule has 1 fully saturated rings. The predicted octanol–water partition coefficient (Wildman–Crippen LogP) is 2.72. The lowest BCUT2D eigenvalue weighted by Crippen LogP contribution is -2.48. The van der Waals surface area contributed by atoms with Crippen molar-refractivity contribution in [1.29, 1.82) is 0 Å². The molecule has 0 aliphatic carbocycles. The van der Waals surface area contributed by atoms with E-state index < -0.39 is 0 Å². The van der Waals surface area contributed by atoms with E-state index in [1.165, 1.54) is 0 Å². The molecule has 30 heavy (non-hydrogen) atoms. The third kappa shape index (κ3) is 3.60. The molecule has 0 bridgehead atoms. The van der Waals surface area contributed by atoms with Gasteiger partial charge in [-0.05, 0) is 31.0 Å². The number of pyridine rings is 2. The average Bonchev–Trinajstić information content (AvgIpc) is 3.21. The number of terminal acetylenes is 1. The number of fused-ring (bicyclic) bond motifs is 1. The summed E-state index contributed by atoms with van der Waals surface area (Å²) in [7, 11) is 0. The number of carbonyl (C=O) groups is 1. The summed E-state index contributed by atoms with van der Waals surface area (Å²) in [5.74, 6) is 3.55. The molecule has 1 aliphatic heterocycles. The second-order valence-electron chi connectivity index (χ2n) is 6.95. The van der Waals surface area contributed by atoms with E-state index in [-0.39, 0.29) is 5.91 Å². The van der Waals surface area contributed by atoms with E-state index >= 15 is 0 Å². The zero-order chi connectivity index (χ0) is 21.1. The predicted molar refractivity (Wildman–Crippen MR) is 117 cm³/mol. The number of amides is 1. The van der Waals surface area contributed by atoms with Gasteiger partial charge in [0.15, 0.2) is 0 Å². The number of ether oxygens (including phenoxy) is 1. The number of rotatable bonds is 5. The van der Waals surface area contributed by atoms with E-state index in [9.17, 15) is 4.79 Å². The Balaban J connectivity index is 1.62. The SMILES string of the molecule is C#CC(=O)N1CCN(c2ccc(-c3cc(OCC)cn4ncc(C=C)c34)cn2)CC1. The number of anilines is 1. The van der Waals surface area contributed by atoms with Crippen molar-refractivity contribution < 1.29 is 9.53 Å². The smallest absolute Gasteiger partial charge is 0.298 e. The summed E-state index contributed by atoms with van der Waals surface area (Å²) < 4.78 is 7.53. The maximum absolute atomic E-state index is 11.7. The molecule has 152 valence electrons. The molecule has 1 amide bonds. The second-order valence-corrected chi connectivity index (χ2v) is 6.95. The molecule has 4 heterocycles. The molecule has 3 aromatic heterocycles. The normalized spacial score (nSPS) is 13.9. The number of hydrogen-bond acceptors (Lipinski definition) is 5. The van der Waals surface area contributed by atoms with Crippen LogP contribution in [0.4, 0.5) is 5.82 Å². The van der Waals surface area contributed by atoms with Gasteiger partial charge in [-0.25, -0.2) is 9.50 Å². The summed E-state index contributed by atoms with van der Waals surface area (Å²) in [5, 5.41) is 4.43. The Bertz CT molecular complexity index is 1120. The molecule has 1 saturated heterocycles. The van der Waals surface area contributed by atoms with Crippen LogP contribution in [0.25, 0.3) is 22.7 Å². The maximum Gasteiger partial charge on any atom is 0.298 e. The van der Waals surface area contributed by atoms with Crippen LogP contribution in [0, 0.1) is 12.3 Å². The standard InChI is InChI=1S/C23H23N5O2/c1-4-17-15-25-28-16-19(30-6-3)13-20(23(17)28)18-7-8-21(24-14-18)26-9-11-27(12-10-26)22(29)5-2/h2,4,7-8,13-16H,1,6,9-12H2,3H3. The lowest BCUT2D eigenvalue weighted by atomic mass is 10.0. The van der Waals surface area contributed by atoms with Crippen molar-refractivity contribution in [3.05, 3.63) is 48.9 Å². The van der Waals surface area contributed by atoms with Crippen LogP contribution in [0.15, 0.2) is 43.4 Å². The van der Waals surface area contributed by atoms with Gasteiger partial charge < -0.3 is 14.5 Å². The molecule has 0 saturated carbocycles. The highest BCUT2D eigenvalue weighted by atomic mass is 16.5. The monoisotopic (exact) mass is 401 g/mol. The minimum atomic E-state index is -0.255. The van der Waals surface area contributed by atoms with Crippen LogP contribution in [0.1, 0.15) is 12.5 Å². The van der Waals surface area contributed by atoms with Crippen LogP contribution in [0.2, 0.25) is 0 Å². The molecule has 0 atom stereocenters. The molecule has 0 spiro atoms. The van der Waals surface area contributed by atoms with Crippen LogP contribution < -0.4 is 9.64 Å². The van der Waals surface area contributed by atoms with Crippen molar-refractivity contribution in [2.75, 3.05) is 37.7 Å². The number of aromatic nitrogens is 3. The van der Waals surface area contributed by atoms with E-state index in [1.807, 2.05) is 42.0 Å². The number of carbonyl (C=O) groups excluding carboxylic acids is 1. The first kappa shape index (κ1) is 19.5. The van der Waals surface area contributed by atoms with Gasteiger partial charge in [0.25, 0.3) is 5.91 Å². The Labute approximate surface area is 175 Å². The van der Waals surface area contributed by atoms with Crippen LogP contribution in [0.3, 0.4) is 0 Å². The van der Waals surface area contributed by atoms with Crippen LogP contribution in [-0.4, -0.2) is 58.2 Å². The second kappa shape index (κ2) is 8.29. The van der Waals surface area contributed by atoms with Crippen molar-refractivity contribution in [2.24, 2.45) is 0 Å². The Hall–Kier alpha value is -3.79. The van der Waals surface area contributed by atoms with Crippen molar-refractivity contribution in [1.82, 2.24) is 19.5 Å². The Kier molecular flexibility index (Phi) is 5.40. The molecule has 0 aromatic carbocycles. The van der Waals surface area contributed by atoms with Crippen molar-refractivity contribution >= 4 is 23.3 Å². The minimum absolute atomic E-state index is 0.255. The highest BCUT2D eigenvalue weighted by Gasteiger charge is 2.21. The van der Waals surface area contributed by atoms with Crippen molar-refractivity contribution in [2.45, 2.75) is 6.92 Å². The zero-order valence-corrected chi connectivity index (χ0v) is 16.9. The minimum Gasteiger partial charge on any atom is -0.492 e. The van der Waals surface area contributed by atoms with Gasteiger partial charge in [0.2, 0.25) is 0 Å². The number of hydrogen-bond donors (Lipinski definition) is 0. The molecule has 7 nitrogen and oxygen atoms in total. The molecule has 0 radical (unpaired) electrons. The van der Waals surface area contributed by atoms with Gasteiger partial charge in [-0.3, -0.25) is 4.79 Å². The molecule has 3 aromatic rings. The van der Waals surface area contributed by atoms with Crippen LogP contribution in [-0.2, 0) is 4.79 Å². The van der Waals surface area contributed by atoms with Crippen molar-refractivity contribution in [3.8, 4) is 29.2 Å². The molecule has 0 N–H and O–H groups in total. The van der Waals surface area contributed by atoms with Gasteiger partial charge in [0, 0.05) is 49.1 Å². The number of nitrogens with zero attached hydrogens (tertiary/aromatic N) is 5. The summed E-state index contributed by atoms with van der Waals surface area (Å²) in [6, 6.07) is 6.06. The van der Waals surface area contributed by atoms with Gasteiger partial charge in [-0.2, -0.15) is 5.10 Å². The number of piperazine rings is 1. The van der Waals surface area contributed by atoms with Gasteiger partial charge in [-0.15, -0.1) is 6.42 Å². The van der Waals surface area contributed by atoms with Gasteiger partial charge >= 0.3 is 0 Å². The third-order valence-electron chi connectivity index (χ3n) is 5.22. The Morgan fingerprint density at radius 3 is 2.73 bits per heavy atom. The quantitative estimate of drug-likeness (QED) is 0.615. The third-order valence-corrected chi connectivity index (χ3v) is 5.22. The summed E-state index contributed by atoms with van der Waals surface area (Å²) in [5.41, 5.74) is 3.86. The van der Waals surface area contributed by atoms with Crippen molar-refractivity contribution in [3.63, 3.8) is 0 Å². The molecule has 4 rings (SSSR count). The highest BCUT2D eigenvalue weighted by molar-refractivity contribution is 5.93. The fourth-order valence-electron chi connectivity index (χ4n) is 3.70. The highest BCUT2D eigenvalue weighted by Crippen LogP contribution is 2.32. The largest absolute Gasteiger partial charge is 0.492 e. The van der Waals surface area contributed by atoms with Gasteiger partial charge in [0.05, 0.1) is 24.5 Å². The summed E-state index contributed by atoms with van der Waals surface area (Å²) in [4.78, 5) is 20.2. The topological polar surface area (TPSA) is 63.0 Å². The summed E-state index contributed by atoms with van der Waals surface area (Å²) >= 11 is 0. The first-order chi connectivity index (χ1) is 14.6. The first-order valence-corrected chi connectivity index (χ1v) is 9.88. The lowest BCUT2D eigenvalue weighted by molar-refractivity contribution is -0.125. The van der Waals surface area contributed by atoms with E-state index in [0.717, 1.165) is 33.8 Å². The average molecular weight is 401 g/mol. The van der Waals surface area contributed by atoms with Crippen LogP contribution >= 0.6 is 0 Å². The molecule has 7 heteroatoms. The molecular formula is C23H23N5O2. The first-order valence-electron chi connectivity index (χ1n) is 9.88. The fourth-order valence-corrected chi connectivity index (χ4v) is 3.70. The summed E-state index contributed by atoms with van der Waals surface area (Å²) in [6.45, 7) is 9.03. The maximum atomic E-state index is 11.7. The Morgan fingerprint density at radius 2 is 2.10 bits per heavy atom. The van der Waals surface area contributed by atoms with E-state index in [4.69, 9.17) is 11.2 Å². The molecule has 0 unspecified atom stereocenters. The summed E-state index contributed by atoms with van der Waals surface area (Å²) in [6.07, 6.45) is 12.5. The zero-order valence-electron chi connectivity index (χ0n) is 16.9. The van der Waals surface area contributed by atoms with Gasteiger partial charge in [-0.1, -0.05) is 12.7 Å². The van der Waals surface area contributed by atoms with Gasteiger partial charge in [0.1, 0.15) is 11.6 Å². The van der Waals surface area contributed by atoms with E-state index in [2.05, 4.69) is 27.5 Å². The lowest BCUT2D eigenvalue weighted by Gasteiger charge is -2.34. The Morgan fingerprint density at radius 1 is 1.30 bits per heavy atom. The fraction of sp³-hybridized carbons (Fsp3) is 0.261. The molecule has 1 aliphatic rings. The van der Waals surface area contributed by atoms with E-state index in [1.54, 1.807) is 17.2 Å². The molecular weight excluding hydrogens is 378 g/mol. The van der Waals surface area contributed by atoms with E-state index in [0.29, 0.717) is 32.8 Å². The van der Waals surface area contributed by atoms with Crippen LogP contribution in [0.5, 0.6) is 5.75 Å².